The Kier molecular flexibility index (Phi) is 5.08. The van der Waals surface area contributed by atoms with E-state index in [2.05, 4.69) is 42.0 Å². The van der Waals surface area contributed by atoms with Crippen LogP contribution < -0.4 is 4.74 Å². The zero-order valence-corrected chi connectivity index (χ0v) is 15.2. The molecule has 0 atom stereocenters. The van der Waals surface area contributed by atoms with Crippen LogP contribution in [0.5, 0.6) is 5.88 Å². The highest BCUT2D eigenvalue weighted by Crippen LogP contribution is 2.26. The van der Waals surface area contributed by atoms with Gasteiger partial charge in [-0.2, -0.15) is 0 Å². The smallest absolute Gasteiger partial charge is 0.212 e. The molecule has 0 saturated carbocycles. The SMILES string of the molecule is COc1ccc(-c2cc(CC(C)C)cc(-c3ccc(C)nc3)n2)cn1. The summed E-state index contributed by atoms with van der Waals surface area (Å²) in [5.41, 5.74) is 6.14. The third-order valence-corrected chi connectivity index (χ3v) is 3.98. The molecular formula is C21H23N3O. The fourth-order valence-electron chi connectivity index (χ4n) is 2.74. The maximum atomic E-state index is 5.15. The summed E-state index contributed by atoms with van der Waals surface area (Å²) in [5, 5.41) is 0. The van der Waals surface area contributed by atoms with Gasteiger partial charge in [0.05, 0.1) is 18.5 Å². The van der Waals surface area contributed by atoms with E-state index in [4.69, 9.17) is 9.72 Å². The third kappa shape index (κ3) is 4.21. The molecule has 0 aromatic carbocycles. The summed E-state index contributed by atoms with van der Waals surface area (Å²) >= 11 is 0. The van der Waals surface area contributed by atoms with Gasteiger partial charge < -0.3 is 4.74 Å². The molecule has 3 aromatic rings. The number of ether oxygens (including phenoxy) is 1. The summed E-state index contributed by atoms with van der Waals surface area (Å²) in [6.45, 7) is 6.44. The second kappa shape index (κ2) is 7.43. The standard InChI is InChI=1S/C21H23N3O/c1-14(2)9-16-10-19(17-6-5-15(3)22-12-17)24-20(11-16)18-7-8-21(25-4)23-13-18/h5-8,10-14H,9H2,1-4H3. The van der Waals surface area contributed by atoms with E-state index >= 15 is 0 Å². The summed E-state index contributed by atoms with van der Waals surface area (Å²) < 4.78 is 5.15. The molecule has 0 radical (unpaired) electrons. The third-order valence-electron chi connectivity index (χ3n) is 3.98. The zero-order valence-electron chi connectivity index (χ0n) is 15.2. The van der Waals surface area contributed by atoms with Crippen LogP contribution in [-0.2, 0) is 6.42 Å². The molecule has 0 saturated heterocycles. The maximum Gasteiger partial charge on any atom is 0.212 e. The lowest BCUT2D eigenvalue weighted by Crippen LogP contribution is -1.98. The molecule has 0 aliphatic carbocycles. The summed E-state index contributed by atoms with van der Waals surface area (Å²) in [7, 11) is 1.62. The monoisotopic (exact) mass is 333 g/mol. The number of hydrogen-bond donors (Lipinski definition) is 0. The highest BCUT2D eigenvalue weighted by molar-refractivity contribution is 5.66. The van der Waals surface area contributed by atoms with Gasteiger partial charge in [0, 0.05) is 35.3 Å². The van der Waals surface area contributed by atoms with Crippen molar-refractivity contribution in [1.29, 1.82) is 0 Å². The molecule has 0 spiro atoms. The van der Waals surface area contributed by atoms with Crippen molar-refractivity contribution in [3.05, 3.63) is 60.0 Å². The van der Waals surface area contributed by atoms with Crippen molar-refractivity contribution < 1.29 is 4.74 Å². The molecule has 0 amide bonds. The number of rotatable bonds is 5. The van der Waals surface area contributed by atoms with Gasteiger partial charge in [0.15, 0.2) is 0 Å². The van der Waals surface area contributed by atoms with Gasteiger partial charge in [0.2, 0.25) is 5.88 Å². The van der Waals surface area contributed by atoms with E-state index in [0.717, 1.165) is 34.6 Å². The first-order valence-electron chi connectivity index (χ1n) is 8.49. The van der Waals surface area contributed by atoms with Crippen LogP contribution in [0.2, 0.25) is 0 Å². The number of methoxy groups -OCH3 is 1. The fraction of sp³-hybridized carbons (Fsp3) is 0.286. The second-order valence-electron chi connectivity index (χ2n) is 6.62. The summed E-state index contributed by atoms with van der Waals surface area (Å²) in [6.07, 6.45) is 4.69. The molecular weight excluding hydrogens is 310 g/mol. The van der Waals surface area contributed by atoms with Crippen LogP contribution in [0, 0.1) is 12.8 Å². The van der Waals surface area contributed by atoms with Crippen molar-refractivity contribution in [2.75, 3.05) is 7.11 Å². The largest absolute Gasteiger partial charge is 0.481 e. The number of aromatic nitrogens is 3. The Morgan fingerprint density at radius 1 is 0.920 bits per heavy atom. The highest BCUT2D eigenvalue weighted by Gasteiger charge is 2.09. The van der Waals surface area contributed by atoms with E-state index < -0.39 is 0 Å². The van der Waals surface area contributed by atoms with Gasteiger partial charge in [-0.15, -0.1) is 0 Å². The molecule has 0 fully saturated rings. The molecule has 3 heterocycles. The lowest BCUT2D eigenvalue weighted by molar-refractivity contribution is 0.398. The minimum atomic E-state index is 0.577. The number of pyridine rings is 3. The van der Waals surface area contributed by atoms with E-state index in [1.54, 1.807) is 13.3 Å². The normalized spacial score (nSPS) is 10.9. The van der Waals surface area contributed by atoms with E-state index in [-0.39, 0.29) is 0 Å². The Morgan fingerprint density at radius 2 is 1.56 bits per heavy atom. The molecule has 0 N–H and O–H groups in total. The quantitative estimate of drug-likeness (QED) is 0.678. The lowest BCUT2D eigenvalue weighted by Gasteiger charge is -2.11. The van der Waals surface area contributed by atoms with Crippen LogP contribution in [0.25, 0.3) is 22.5 Å². The minimum absolute atomic E-state index is 0.577. The van der Waals surface area contributed by atoms with Crippen LogP contribution in [0.1, 0.15) is 25.1 Å². The topological polar surface area (TPSA) is 47.9 Å². The van der Waals surface area contributed by atoms with Gasteiger partial charge in [-0.05, 0) is 55.2 Å². The molecule has 3 rings (SSSR count). The van der Waals surface area contributed by atoms with Crippen molar-refractivity contribution in [3.8, 4) is 28.4 Å². The van der Waals surface area contributed by atoms with Gasteiger partial charge in [0.1, 0.15) is 0 Å². The Hall–Kier alpha value is -2.75. The molecule has 0 aliphatic heterocycles. The first kappa shape index (κ1) is 17.1. The first-order valence-corrected chi connectivity index (χ1v) is 8.49. The van der Waals surface area contributed by atoms with Gasteiger partial charge >= 0.3 is 0 Å². The van der Waals surface area contributed by atoms with Crippen LogP contribution in [0.4, 0.5) is 0 Å². The number of hydrogen-bond acceptors (Lipinski definition) is 4. The van der Waals surface area contributed by atoms with E-state index in [1.165, 1.54) is 5.56 Å². The maximum absolute atomic E-state index is 5.15. The highest BCUT2D eigenvalue weighted by atomic mass is 16.5. The predicted octanol–water partition coefficient (Wildman–Crippen LogP) is 4.72. The average Bonchev–Trinajstić information content (AvgIpc) is 2.61. The molecule has 0 aliphatic rings. The Labute approximate surface area is 149 Å². The van der Waals surface area contributed by atoms with Gasteiger partial charge in [-0.25, -0.2) is 9.97 Å². The fourth-order valence-corrected chi connectivity index (χ4v) is 2.74. The first-order chi connectivity index (χ1) is 12.0. The summed E-state index contributed by atoms with van der Waals surface area (Å²) in [5.74, 6) is 1.18. The Balaban J connectivity index is 2.06. The molecule has 4 heteroatoms. The van der Waals surface area contributed by atoms with Gasteiger partial charge in [0.25, 0.3) is 0 Å². The number of aryl methyl sites for hydroxylation is 1. The molecule has 128 valence electrons. The van der Waals surface area contributed by atoms with Crippen LogP contribution in [0.15, 0.2) is 48.8 Å². The van der Waals surface area contributed by atoms with E-state index in [0.29, 0.717) is 11.8 Å². The van der Waals surface area contributed by atoms with E-state index in [1.807, 2.05) is 31.3 Å². The Morgan fingerprint density at radius 3 is 2.04 bits per heavy atom. The van der Waals surface area contributed by atoms with E-state index in [9.17, 15) is 0 Å². The van der Waals surface area contributed by atoms with Crippen LogP contribution in [0.3, 0.4) is 0 Å². The summed E-state index contributed by atoms with van der Waals surface area (Å²) in [4.78, 5) is 13.6. The van der Waals surface area contributed by atoms with Crippen molar-refractivity contribution in [1.82, 2.24) is 15.0 Å². The zero-order chi connectivity index (χ0) is 17.8. The van der Waals surface area contributed by atoms with Crippen molar-refractivity contribution in [3.63, 3.8) is 0 Å². The molecule has 0 unspecified atom stereocenters. The summed E-state index contributed by atoms with van der Waals surface area (Å²) in [6, 6.07) is 12.2. The van der Waals surface area contributed by atoms with Crippen LogP contribution >= 0.6 is 0 Å². The van der Waals surface area contributed by atoms with Crippen LogP contribution in [-0.4, -0.2) is 22.1 Å². The Bertz CT molecular complexity index is 840. The average molecular weight is 333 g/mol. The molecule has 4 nitrogen and oxygen atoms in total. The van der Waals surface area contributed by atoms with Gasteiger partial charge in [-0.1, -0.05) is 13.8 Å². The van der Waals surface area contributed by atoms with Crippen molar-refractivity contribution in [2.24, 2.45) is 5.92 Å². The van der Waals surface area contributed by atoms with Crippen molar-refractivity contribution in [2.45, 2.75) is 27.2 Å². The second-order valence-corrected chi connectivity index (χ2v) is 6.62. The predicted molar refractivity (Wildman–Crippen MR) is 101 cm³/mol. The molecule has 0 bridgehead atoms. The van der Waals surface area contributed by atoms with Gasteiger partial charge in [-0.3, -0.25) is 4.98 Å². The van der Waals surface area contributed by atoms with Crippen molar-refractivity contribution >= 4 is 0 Å². The minimum Gasteiger partial charge on any atom is -0.481 e. The lowest BCUT2D eigenvalue weighted by atomic mass is 9.99. The molecule has 3 aromatic heterocycles. The molecule has 25 heavy (non-hydrogen) atoms. The number of nitrogens with zero attached hydrogens (tertiary/aromatic N) is 3.